The Balaban J connectivity index is 0.000000180. The van der Waals surface area contributed by atoms with Crippen LogP contribution in [0.25, 0.3) is 44.1 Å². The fourth-order valence-electron chi connectivity index (χ4n) is 6.94. The summed E-state index contributed by atoms with van der Waals surface area (Å²) in [6.45, 7) is 5.14. The molecule has 16 heteroatoms. The molecule has 305 valence electrons. The van der Waals surface area contributed by atoms with Gasteiger partial charge in [-0.05, 0) is 75.5 Å². The maximum absolute atomic E-state index is 4.95. The summed E-state index contributed by atoms with van der Waals surface area (Å²) >= 11 is -1.77. The molecule has 1 aliphatic rings. The molecular weight excluding hydrogens is 869 g/mol. The van der Waals surface area contributed by atoms with E-state index in [-0.39, 0.29) is 18.6 Å². The zero-order valence-corrected chi connectivity index (χ0v) is 38.9. The number of benzene rings is 4. The first-order valence-electron chi connectivity index (χ1n) is 18.8. The maximum atomic E-state index is 4.95. The number of ether oxygens (including phenoxy) is 1. The minimum Gasteiger partial charge on any atom is 0 e. The molecule has 4 aromatic heterocycles. The molecule has 4 aromatic carbocycles. The van der Waals surface area contributed by atoms with Crippen LogP contribution >= 0.6 is 29.5 Å². The van der Waals surface area contributed by atoms with Gasteiger partial charge in [-0.2, -0.15) is 0 Å². The average molecular weight is 919 g/mol. The normalized spacial score (nSPS) is 12.5. The van der Waals surface area contributed by atoms with Gasteiger partial charge in [0.05, 0.1) is 70.3 Å². The Hall–Kier alpha value is -3.32. The summed E-state index contributed by atoms with van der Waals surface area (Å²) in [7, 11) is 27.4. The second-order valence-corrected chi connectivity index (χ2v) is 21.1. The first kappa shape index (κ1) is 45.8. The number of aryl methyl sites for hydroxylation is 4. The molecule has 0 aliphatic carbocycles. The van der Waals surface area contributed by atoms with Gasteiger partial charge < -0.3 is 23.0 Å². The molecule has 1 radical (unpaired) electrons. The van der Waals surface area contributed by atoms with Gasteiger partial charge in [0, 0.05) is 60.0 Å². The molecule has 0 unspecified atom stereocenters. The number of aromatic nitrogens is 8. The van der Waals surface area contributed by atoms with Crippen molar-refractivity contribution in [3.8, 4) is 0 Å². The van der Waals surface area contributed by atoms with Crippen LogP contribution in [0.1, 0.15) is 36.1 Å². The van der Waals surface area contributed by atoms with Crippen molar-refractivity contribution in [1.29, 1.82) is 0 Å². The van der Waals surface area contributed by atoms with Gasteiger partial charge in [0.1, 0.15) is 23.3 Å². The minimum absolute atomic E-state index is 0. The van der Waals surface area contributed by atoms with Gasteiger partial charge in [0.25, 0.3) is 0 Å². The van der Waals surface area contributed by atoms with E-state index in [9.17, 15) is 0 Å². The molecule has 0 saturated carbocycles. The first-order valence-corrected chi connectivity index (χ1v) is 24.6. The Morgan fingerprint density at radius 3 is 0.897 bits per heavy atom. The first-order chi connectivity index (χ1) is 27.5. The van der Waals surface area contributed by atoms with Crippen LogP contribution < -0.4 is 0 Å². The van der Waals surface area contributed by atoms with Crippen LogP contribution in [0.2, 0.25) is 0 Å². The minimum atomic E-state index is -1.77. The van der Waals surface area contributed by atoms with Gasteiger partial charge in [-0.15, -0.1) is 0 Å². The van der Waals surface area contributed by atoms with E-state index in [2.05, 4.69) is 143 Å². The van der Waals surface area contributed by atoms with E-state index in [1.54, 1.807) is 0 Å². The Morgan fingerprint density at radius 2 is 0.707 bits per heavy atom. The van der Waals surface area contributed by atoms with Crippen LogP contribution in [-0.2, 0) is 89.9 Å². The Kier molecular flexibility index (Phi) is 17.2. The fraction of sp³-hybridized carbons (Fsp3) is 0.333. The second kappa shape index (κ2) is 21.8. The van der Waals surface area contributed by atoms with E-state index in [1.807, 2.05) is 24.3 Å². The van der Waals surface area contributed by atoms with Crippen molar-refractivity contribution in [2.75, 3.05) is 27.3 Å². The number of halogens is 3. The molecule has 0 spiro atoms. The molecule has 5 heterocycles. The molecule has 1 fully saturated rings. The van der Waals surface area contributed by atoms with Crippen LogP contribution in [0.3, 0.4) is 0 Å². The summed E-state index contributed by atoms with van der Waals surface area (Å²) in [5.74, 6) is 4.27. The average Bonchev–Trinajstić information content (AvgIpc) is 4.04. The predicted molar refractivity (Wildman–Crippen MR) is 231 cm³/mol. The van der Waals surface area contributed by atoms with Crippen LogP contribution in [0, 0.1) is 0 Å². The molecule has 0 amide bonds. The summed E-state index contributed by atoms with van der Waals surface area (Å²) in [5.41, 5.74) is 8.87. The molecular formula is C42H50Cl3N10OV2. The molecule has 0 bridgehead atoms. The third kappa shape index (κ3) is 11.7. The predicted octanol–water partition coefficient (Wildman–Crippen LogP) is 9.04. The van der Waals surface area contributed by atoms with Gasteiger partial charge in [0.2, 0.25) is 0 Å². The monoisotopic (exact) mass is 917 g/mol. The maximum Gasteiger partial charge on any atom is 0 e. The van der Waals surface area contributed by atoms with Crippen molar-refractivity contribution in [3.05, 3.63) is 120 Å². The molecule has 0 N–H and O–H groups in total. The van der Waals surface area contributed by atoms with Crippen molar-refractivity contribution in [1.82, 2.24) is 48.0 Å². The number of hydrogen-bond acceptors (Lipinski definition) is 7. The van der Waals surface area contributed by atoms with E-state index in [0.717, 1.165) is 84.8 Å². The van der Waals surface area contributed by atoms with E-state index >= 15 is 0 Å². The van der Waals surface area contributed by atoms with Crippen LogP contribution in [-0.4, -0.2) is 75.3 Å². The largest absolute Gasteiger partial charge is 0 e. The number of fused-ring (bicyclic) bond motifs is 4. The summed E-state index contributed by atoms with van der Waals surface area (Å²) in [6, 6.07) is 33.0. The van der Waals surface area contributed by atoms with E-state index in [0.29, 0.717) is 0 Å². The van der Waals surface area contributed by atoms with E-state index in [4.69, 9.17) is 54.2 Å². The zero-order chi connectivity index (χ0) is 40.5. The van der Waals surface area contributed by atoms with Gasteiger partial charge >= 0.3 is 41.8 Å². The van der Waals surface area contributed by atoms with Crippen molar-refractivity contribution in [2.24, 2.45) is 28.2 Å². The zero-order valence-electron chi connectivity index (χ0n) is 33.8. The standard InChI is InChI=1S/2C19H21N5.C4H8O.3ClH.2V/c2*1-22(12-18-20-14-8-4-6-10-16(14)23(18)2)13-19-21-15-9-5-7-11-17(15)24(19)3;1-2-4-5-3-1;;;;;/h2*4-11H,12-13H2,1-3H3;1-4H2;3*1H;;/q;;;;;;;+3/p-3. The summed E-state index contributed by atoms with van der Waals surface area (Å²) in [6.07, 6.45) is 2.56. The SMILES string of the molecule is C1CCOC1.CN(Cc1nc2ccccc2n1C)Cc1nc2ccccc2n1C.CN(Cc1nc2ccccc2n1C)Cc1nc2ccccc2n1C.[Cl][V]([Cl])[Cl].[V]. The van der Waals surface area contributed by atoms with Crippen LogP contribution in [0.5, 0.6) is 0 Å². The van der Waals surface area contributed by atoms with Crippen molar-refractivity contribution in [2.45, 2.75) is 39.0 Å². The molecule has 58 heavy (non-hydrogen) atoms. The molecule has 9 rings (SSSR count). The summed E-state index contributed by atoms with van der Waals surface area (Å²) in [5, 5.41) is 0. The molecule has 0 atom stereocenters. The molecule has 1 aliphatic heterocycles. The van der Waals surface area contributed by atoms with Gasteiger partial charge in [-0.3, -0.25) is 9.80 Å². The Labute approximate surface area is 369 Å². The molecule has 1 saturated heterocycles. The van der Waals surface area contributed by atoms with Crippen molar-refractivity contribution in [3.63, 3.8) is 0 Å². The topological polar surface area (TPSA) is 87.0 Å². The number of nitrogens with zero attached hydrogens (tertiary/aromatic N) is 10. The third-order valence-corrected chi connectivity index (χ3v) is 9.99. The summed E-state index contributed by atoms with van der Waals surface area (Å²) in [4.78, 5) is 23.5. The summed E-state index contributed by atoms with van der Waals surface area (Å²) < 4.78 is 13.6. The Bertz CT molecular complexity index is 2190. The fourth-order valence-corrected chi connectivity index (χ4v) is 6.94. The van der Waals surface area contributed by atoms with E-state index < -0.39 is 12.3 Å². The van der Waals surface area contributed by atoms with Gasteiger partial charge in [-0.25, -0.2) is 19.9 Å². The second-order valence-electron chi connectivity index (χ2n) is 14.2. The van der Waals surface area contributed by atoms with Gasteiger partial charge in [0.15, 0.2) is 0 Å². The van der Waals surface area contributed by atoms with Crippen LogP contribution in [0.4, 0.5) is 0 Å². The number of hydrogen-bond donors (Lipinski definition) is 0. The number of imidazole rings is 4. The third-order valence-electron chi connectivity index (χ3n) is 9.99. The van der Waals surface area contributed by atoms with Gasteiger partial charge in [-0.1, -0.05) is 48.5 Å². The number of para-hydroxylation sites is 8. The smallest absolute Gasteiger partial charge is 0 e. The number of rotatable bonds is 8. The van der Waals surface area contributed by atoms with Crippen LogP contribution in [0.15, 0.2) is 97.1 Å². The van der Waals surface area contributed by atoms with Crippen molar-refractivity contribution >= 4 is 73.7 Å². The molecule has 8 aromatic rings. The quantitative estimate of drug-likeness (QED) is 0.151. The Morgan fingerprint density at radius 1 is 0.483 bits per heavy atom. The van der Waals surface area contributed by atoms with Crippen molar-refractivity contribution < 1.29 is 35.6 Å². The van der Waals surface area contributed by atoms with E-state index in [1.165, 1.54) is 34.9 Å². The molecule has 11 nitrogen and oxygen atoms in total.